The molecule has 1 amide bonds. The fraction of sp³-hybridized carbons (Fsp3) is 0.500. The average molecular weight is 371 g/mol. The topological polar surface area (TPSA) is 70.5 Å². The van der Waals surface area contributed by atoms with Gasteiger partial charge < -0.3 is 10.2 Å². The second-order valence-corrected chi connectivity index (χ2v) is 7.78. The van der Waals surface area contributed by atoms with Crippen molar-refractivity contribution in [3.63, 3.8) is 0 Å². The van der Waals surface area contributed by atoms with Gasteiger partial charge >= 0.3 is 6.08 Å². The Morgan fingerprint density at radius 1 is 1.37 bits per heavy atom. The fourth-order valence-electron chi connectivity index (χ4n) is 3.33. The van der Waals surface area contributed by atoms with Crippen LogP contribution in [0.2, 0.25) is 0 Å². The number of nitrogens with zero attached hydrogens (tertiary/aromatic N) is 4. The van der Waals surface area contributed by atoms with Crippen molar-refractivity contribution in [2.24, 2.45) is 4.99 Å². The van der Waals surface area contributed by atoms with E-state index in [0.29, 0.717) is 30.1 Å². The van der Waals surface area contributed by atoms with E-state index in [9.17, 15) is 9.18 Å². The number of amides is 1. The molecule has 1 aromatic heterocycles. The summed E-state index contributed by atoms with van der Waals surface area (Å²) in [5.74, 6) is 0.548. The zero-order chi connectivity index (χ0) is 19.8. The van der Waals surface area contributed by atoms with Crippen molar-refractivity contribution in [1.29, 1.82) is 0 Å². The minimum atomic E-state index is -0.762. The summed E-state index contributed by atoms with van der Waals surface area (Å²) in [6.45, 7) is 12.3. The van der Waals surface area contributed by atoms with Crippen molar-refractivity contribution in [2.45, 2.75) is 59.0 Å². The van der Waals surface area contributed by atoms with Gasteiger partial charge in [-0.05, 0) is 59.2 Å². The van der Waals surface area contributed by atoms with Crippen LogP contribution < -0.4 is 5.32 Å². The van der Waals surface area contributed by atoms with E-state index in [-0.39, 0.29) is 18.0 Å². The second kappa shape index (κ2) is 7.21. The number of carbonyl (C=O) groups excluding carboxylic acids is 1. The number of hydrogen-bond acceptors (Lipinski definition) is 5. The minimum absolute atomic E-state index is 0.0338. The molecular weight excluding hydrogens is 345 g/mol. The highest BCUT2D eigenvalue weighted by atomic mass is 19.1. The number of rotatable bonds is 5. The van der Waals surface area contributed by atoms with Gasteiger partial charge in [0.25, 0.3) is 5.91 Å². The molecule has 2 aliphatic rings. The molecule has 0 bridgehead atoms. The van der Waals surface area contributed by atoms with Gasteiger partial charge in [-0.15, -0.1) is 0 Å². The monoisotopic (exact) mass is 371 g/mol. The maximum Gasteiger partial charge on any atom is 0.308 e. The highest BCUT2D eigenvalue weighted by Crippen LogP contribution is 2.36. The molecule has 0 atom stereocenters. The van der Waals surface area contributed by atoms with Gasteiger partial charge in [-0.25, -0.2) is 15.0 Å². The SMILES string of the molecule is C=N/C(NC1(C)CC1)=C(\C)C(C(=O)N1CCc2cnc(F)nc2C1)=C(C)C. The molecule has 0 saturated heterocycles. The quantitative estimate of drug-likeness (QED) is 0.374. The Kier molecular flexibility index (Phi) is 5.13. The summed E-state index contributed by atoms with van der Waals surface area (Å²) in [6.07, 6.45) is 3.51. The molecule has 3 rings (SSSR count). The molecule has 0 unspecified atom stereocenters. The van der Waals surface area contributed by atoms with E-state index in [1.165, 1.54) is 6.20 Å². The Morgan fingerprint density at radius 2 is 2.07 bits per heavy atom. The predicted octanol–water partition coefficient (Wildman–Crippen LogP) is 2.91. The lowest BCUT2D eigenvalue weighted by Gasteiger charge is -2.29. The second-order valence-electron chi connectivity index (χ2n) is 7.78. The number of aromatic nitrogens is 2. The van der Waals surface area contributed by atoms with Gasteiger partial charge in [0.1, 0.15) is 5.82 Å². The Balaban J connectivity index is 1.88. The summed E-state index contributed by atoms with van der Waals surface area (Å²) < 4.78 is 13.4. The summed E-state index contributed by atoms with van der Waals surface area (Å²) in [5, 5.41) is 3.41. The normalized spacial score (nSPS) is 18.2. The zero-order valence-electron chi connectivity index (χ0n) is 16.4. The predicted molar refractivity (Wildman–Crippen MR) is 103 cm³/mol. The maximum absolute atomic E-state index is 13.4. The largest absolute Gasteiger partial charge is 0.365 e. The molecule has 6 nitrogen and oxygen atoms in total. The van der Waals surface area contributed by atoms with E-state index in [1.54, 1.807) is 4.90 Å². The van der Waals surface area contributed by atoms with Crippen molar-refractivity contribution in [1.82, 2.24) is 20.2 Å². The molecule has 1 aliphatic heterocycles. The molecule has 1 N–H and O–H groups in total. The van der Waals surface area contributed by atoms with Crippen molar-refractivity contribution in [3.8, 4) is 0 Å². The van der Waals surface area contributed by atoms with E-state index in [0.717, 1.165) is 29.6 Å². The van der Waals surface area contributed by atoms with Gasteiger partial charge in [-0.2, -0.15) is 4.39 Å². The van der Waals surface area contributed by atoms with Gasteiger partial charge in [-0.3, -0.25) is 4.79 Å². The summed E-state index contributed by atoms with van der Waals surface area (Å²) >= 11 is 0. The molecule has 0 spiro atoms. The summed E-state index contributed by atoms with van der Waals surface area (Å²) in [7, 11) is 0. The van der Waals surface area contributed by atoms with Crippen LogP contribution in [0, 0.1) is 6.08 Å². The third-order valence-corrected chi connectivity index (χ3v) is 5.23. The molecule has 1 saturated carbocycles. The van der Waals surface area contributed by atoms with Crippen molar-refractivity contribution in [3.05, 3.63) is 46.1 Å². The van der Waals surface area contributed by atoms with E-state index in [2.05, 4.69) is 33.9 Å². The van der Waals surface area contributed by atoms with E-state index < -0.39 is 6.08 Å². The molecule has 0 radical (unpaired) electrons. The van der Waals surface area contributed by atoms with Crippen LogP contribution in [0.4, 0.5) is 4.39 Å². The van der Waals surface area contributed by atoms with Crippen LogP contribution in [0.3, 0.4) is 0 Å². The van der Waals surface area contributed by atoms with Gasteiger partial charge in [0, 0.05) is 29.4 Å². The summed E-state index contributed by atoms with van der Waals surface area (Å²) in [4.78, 5) is 26.6. The highest BCUT2D eigenvalue weighted by molar-refractivity contribution is 5.98. The van der Waals surface area contributed by atoms with Gasteiger partial charge in [-0.1, -0.05) is 5.57 Å². The number of nitrogens with one attached hydrogen (secondary N) is 1. The van der Waals surface area contributed by atoms with Gasteiger partial charge in [0.05, 0.1) is 12.2 Å². The Hall–Kier alpha value is -2.57. The first-order valence-corrected chi connectivity index (χ1v) is 9.17. The fourth-order valence-corrected chi connectivity index (χ4v) is 3.33. The average Bonchev–Trinajstić information content (AvgIpc) is 3.36. The van der Waals surface area contributed by atoms with Crippen LogP contribution >= 0.6 is 0 Å². The van der Waals surface area contributed by atoms with Crippen LogP contribution in [0.25, 0.3) is 0 Å². The summed E-state index contributed by atoms with van der Waals surface area (Å²) in [5.41, 5.74) is 3.80. The number of halogens is 1. The van der Waals surface area contributed by atoms with Crippen molar-refractivity contribution < 1.29 is 9.18 Å². The first-order valence-electron chi connectivity index (χ1n) is 9.17. The van der Waals surface area contributed by atoms with Crippen LogP contribution in [-0.2, 0) is 17.8 Å². The Labute approximate surface area is 159 Å². The molecule has 1 aliphatic carbocycles. The van der Waals surface area contributed by atoms with Crippen LogP contribution in [0.5, 0.6) is 0 Å². The number of hydrogen-bond donors (Lipinski definition) is 1. The smallest absolute Gasteiger partial charge is 0.308 e. The van der Waals surface area contributed by atoms with E-state index in [1.807, 2.05) is 20.8 Å². The lowest BCUT2D eigenvalue weighted by atomic mass is 9.98. The van der Waals surface area contributed by atoms with Crippen LogP contribution in [0.15, 0.2) is 33.7 Å². The van der Waals surface area contributed by atoms with Gasteiger partial charge in [0.15, 0.2) is 0 Å². The van der Waals surface area contributed by atoms with Crippen molar-refractivity contribution >= 4 is 12.6 Å². The third-order valence-electron chi connectivity index (χ3n) is 5.23. The first-order chi connectivity index (χ1) is 12.7. The minimum Gasteiger partial charge on any atom is -0.365 e. The number of aliphatic imine (C=N–C) groups is 1. The maximum atomic E-state index is 13.4. The standard InChI is InChI=1S/C20H26FN5O/c1-12(2)16(13(3)17(22-5)25-20(4)7-8-20)18(27)26-9-6-14-10-23-19(21)24-15(14)11-26/h10,25H,5-9,11H2,1-4H3/b17-13-. The molecule has 2 heterocycles. The lowest BCUT2D eigenvalue weighted by Crippen LogP contribution is -2.38. The molecule has 144 valence electrons. The first kappa shape index (κ1) is 19.2. The molecule has 7 heteroatoms. The molecule has 0 aromatic carbocycles. The summed E-state index contributed by atoms with van der Waals surface area (Å²) in [6, 6.07) is 0. The highest BCUT2D eigenvalue weighted by Gasteiger charge is 2.38. The Morgan fingerprint density at radius 3 is 2.67 bits per heavy atom. The van der Waals surface area contributed by atoms with Crippen molar-refractivity contribution in [2.75, 3.05) is 6.54 Å². The van der Waals surface area contributed by atoms with Gasteiger partial charge in [0.2, 0.25) is 0 Å². The number of fused-ring (bicyclic) bond motifs is 1. The van der Waals surface area contributed by atoms with Crippen LogP contribution in [0.1, 0.15) is 51.8 Å². The third kappa shape index (κ3) is 4.07. The molecule has 27 heavy (non-hydrogen) atoms. The zero-order valence-corrected chi connectivity index (χ0v) is 16.4. The molecule has 1 aromatic rings. The number of carbonyl (C=O) groups is 1. The number of allylic oxidation sites excluding steroid dienone is 1. The van der Waals surface area contributed by atoms with Crippen LogP contribution in [-0.4, -0.2) is 39.6 Å². The lowest BCUT2D eigenvalue weighted by molar-refractivity contribution is -0.127. The Bertz CT molecular complexity index is 850. The van der Waals surface area contributed by atoms with E-state index in [4.69, 9.17) is 0 Å². The van der Waals surface area contributed by atoms with E-state index >= 15 is 0 Å². The molecular formula is C20H26FN5O. The molecule has 1 fully saturated rings.